The van der Waals surface area contributed by atoms with Gasteiger partial charge in [-0.25, -0.2) is 14.6 Å². The fourth-order valence-corrected chi connectivity index (χ4v) is 2.65. The van der Waals surface area contributed by atoms with Gasteiger partial charge in [0.2, 0.25) is 11.7 Å². The maximum atomic E-state index is 12.5. The largest absolute Gasteiger partial charge is 0.433 e. The highest BCUT2D eigenvalue weighted by Crippen LogP contribution is 2.23. The lowest BCUT2D eigenvalue weighted by molar-refractivity contribution is -0.0245. The fourth-order valence-electron chi connectivity index (χ4n) is 2.65. The molecule has 0 aromatic carbocycles. The van der Waals surface area contributed by atoms with E-state index < -0.39 is 0 Å². The van der Waals surface area contributed by atoms with E-state index in [1.54, 1.807) is 6.92 Å². The number of rotatable bonds is 4. The van der Waals surface area contributed by atoms with Crippen molar-refractivity contribution in [3.8, 4) is 0 Å². The van der Waals surface area contributed by atoms with Crippen LogP contribution < -0.4 is 5.32 Å². The summed E-state index contributed by atoms with van der Waals surface area (Å²) in [5, 5.41) is 7.13. The van der Waals surface area contributed by atoms with Gasteiger partial charge in [0.05, 0.1) is 17.3 Å². The molecule has 3 rings (SSSR count). The lowest BCUT2D eigenvalue weighted by atomic mass is 10.1. The molecule has 1 aliphatic rings. The predicted octanol–water partition coefficient (Wildman–Crippen LogP) is 2.15. The molecule has 0 bridgehead atoms. The molecule has 0 radical (unpaired) electrons. The highest BCUT2D eigenvalue weighted by atomic mass is 16.5. The summed E-state index contributed by atoms with van der Waals surface area (Å²) in [5.41, 5.74) is 0.258. The molecule has 0 aliphatic carbocycles. The van der Waals surface area contributed by atoms with Gasteiger partial charge in [0.15, 0.2) is 0 Å². The standard InChI is InChI=1S/C16H23N5O3/c1-10-13(24-12(19-10)8-23-16(2,3)4)15(22)20-11-6-5-7-21-14(11)17-9-18-21/h9,11H,5-8H2,1-4H3,(H,20,22). The minimum Gasteiger partial charge on any atom is -0.433 e. The molecule has 130 valence electrons. The minimum absolute atomic E-state index is 0.160. The van der Waals surface area contributed by atoms with Gasteiger partial charge in [0.25, 0.3) is 5.91 Å². The van der Waals surface area contributed by atoms with Gasteiger partial charge in [-0.2, -0.15) is 5.10 Å². The van der Waals surface area contributed by atoms with Gasteiger partial charge in [-0.3, -0.25) is 4.79 Å². The molecule has 3 heterocycles. The van der Waals surface area contributed by atoms with Crippen molar-refractivity contribution in [2.24, 2.45) is 0 Å². The number of nitrogens with zero attached hydrogens (tertiary/aromatic N) is 4. The molecule has 8 heteroatoms. The van der Waals surface area contributed by atoms with E-state index in [4.69, 9.17) is 9.15 Å². The molecule has 1 atom stereocenters. The molecule has 0 saturated heterocycles. The number of fused-ring (bicyclic) bond motifs is 1. The zero-order valence-corrected chi connectivity index (χ0v) is 14.5. The van der Waals surface area contributed by atoms with Gasteiger partial charge in [0.1, 0.15) is 18.8 Å². The molecule has 2 aromatic rings. The first kappa shape index (κ1) is 16.6. The Morgan fingerprint density at radius 2 is 2.29 bits per heavy atom. The van der Waals surface area contributed by atoms with Crippen LogP contribution in [0.1, 0.15) is 67.6 Å². The number of hydrogen-bond acceptors (Lipinski definition) is 6. The molecule has 1 aliphatic heterocycles. The van der Waals surface area contributed by atoms with E-state index in [9.17, 15) is 4.79 Å². The third-order valence-electron chi connectivity index (χ3n) is 3.80. The lowest BCUT2D eigenvalue weighted by Crippen LogP contribution is -2.33. The topological polar surface area (TPSA) is 95.1 Å². The second-order valence-electron chi connectivity index (χ2n) is 6.93. The Morgan fingerprint density at radius 1 is 1.50 bits per heavy atom. The van der Waals surface area contributed by atoms with Crippen LogP contribution in [0.4, 0.5) is 0 Å². The Kier molecular flexibility index (Phi) is 4.40. The molecule has 0 spiro atoms. The van der Waals surface area contributed by atoms with Gasteiger partial charge in [-0.15, -0.1) is 0 Å². The maximum absolute atomic E-state index is 12.5. The average Bonchev–Trinajstić information content (AvgIpc) is 3.11. The monoisotopic (exact) mass is 333 g/mol. The van der Waals surface area contributed by atoms with E-state index >= 15 is 0 Å². The van der Waals surface area contributed by atoms with Crippen LogP contribution >= 0.6 is 0 Å². The van der Waals surface area contributed by atoms with E-state index in [1.165, 1.54) is 6.33 Å². The van der Waals surface area contributed by atoms with Crippen molar-refractivity contribution in [2.45, 2.75) is 65.3 Å². The quantitative estimate of drug-likeness (QED) is 0.921. The summed E-state index contributed by atoms with van der Waals surface area (Å²) in [6.45, 7) is 8.68. The first-order valence-electron chi connectivity index (χ1n) is 8.12. The molecule has 0 fully saturated rings. The van der Waals surface area contributed by atoms with E-state index in [2.05, 4.69) is 20.4 Å². The molecular formula is C16H23N5O3. The summed E-state index contributed by atoms with van der Waals surface area (Å²) in [5.74, 6) is 1.12. The highest BCUT2D eigenvalue weighted by molar-refractivity contribution is 5.92. The Hall–Kier alpha value is -2.22. The molecule has 1 unspecified atom stereocenters. The van der Waals surface area contributed by atoms with Crippen LogP contribution in [0.25, 0.3) is 0 Å². The normalized spacial score (nSPS) is 17.6. The molecule has 1 amide bonds. The van der Waals surface area contributed by atoms with Gasteiger partial charge in [0, 0.05) is 6.54 Å². The molecule has 24 heavy (non-hydrogen) atoms. The lowest BCUT2D eigenvalue weighted by Gasteiger charge is -2.22. The Morgan fingerprint density at radius 3 is 3.04 bits per heavy atom. The van der Waals surface area contributed by atoms with Gasteiger partial charge in [-0.05, 0) is 40.5 Å². The number of aromatic nitrogens is 4. The van der Waals surface area contributed by atoms with Crippen molar-refractivity contribution in [1.82, 2.24) is 25.1 Å². The minimum atomic E-state index is -0.295. The van der Waals surface area contributed by atoms with Crippen LogP contribution in [0, 0.1) is 6.92 Å². The van der Waals surface area contributed by atoms with Crippen LogP contribution in [-0.4, -0.2) is 31.3 Å². The van der Waals surface area contributed by atoms with Crippen molar-refractivity contribution in [3.05, 3.63) is 29.5 Å². The van der Waals surface area contributed by atoms with Gasteiger partial charge in [-0.1, -0.05) is 0 Å². The SMILES string of the molecule is Cc1nc(COC(C)(C)C)oc1C(=O)NC1CCCn2ncnc21. The molecule has 1 N–H and O–H groups in total. The molecule has 8 nitrogen and oxygen atoms in total. The summed E-state index contributed by atoms with van der Waals surface area (Å²) in [6, 6.07) is -0.160. The maximum Gasteiger partial charge on any atom is 0.289 e. The van der Waals surface area contributed by atoms with Crippen molar-refractivity contribution in [3.63, 3.8) is 0 Å². The first-order valence-corrected chi connectivity index (χ1v) is 8.12. The van der Waals surface area contributed by atoms with E-state index in [0.29, 0.717) is 11.6 Å². The summed E-state index contributed by atoms with van der Waals surface area (Å²) in [4.78, 5) is 21.1. The van der Waals surface area contributed by atoms with Crippen LogP contribution in [0.2, 0.25) is 0 Å². The third-order valence-corrected chi connectivity index (χ3v) is 3.80. The Balaban J connectivity index is 1.69. The second kappa shape index (κ2) is 6.35. The third kappa shape index (κ3) is 3.64. The summed E-state index contributed by atoms with van der Waals surface area (Å²) < 4.78 is 13.1. The first-order chi connectivity index (χ1) is 11.3. The zero-order valence-electron chi connectivity index (χ0n) is 14.5. The van der Waals surface area contributed by atoms with Crippen LogP contribution in [0.15, 0.2) is 10.7 Å². The second-order valence-corrected chi connectivity index (χ2v) is 6.93. The summed E-state index contributed by atoms with van der Waals surface area (Å²) >= 11 is 0. The van der Waals surface area contributed by atoms with Crippen molar-refractivity contribution >= 4 is 5.91 Å². The molecule has 2 aromatic heterocycles. The molecule has 0 saturated carbocycles. The highest BCUT2D eigenvalue weighted by Gasteiger charge is 2.27. The number of oxazole rings is 1. The zero-order chi connectivity index (χ0) is 17.3. The summed E-state index contributed by atoms with van der Waals surface area (Å²) in [6.07, 6.45) is 3.29. The number of aryl methyl sites for hydroxylation is 2. The average molecular weight is 333 g/mol. The van der Waals surface area contributed by atoms with Crippen molar-refractivity contribution < 1.29 is 13.9 Å². The Bertz CT molecular complexity index is 728. The number of carbonyl (C=O) groups is 1. The predicted molar refractivity (Wildman–Crippen MR) is 85.2 cm³/mol. The Labute approximate surface area is 140 Å². The van der Waals surface area contributed by atoms with Crippen molar-refractivity contribution in [2.75, 3.05) is 0 Å². The van der Waals surface area contributed by atoms with Gasteiger partial charge >= 0.3 is 0 Å². The van der Waals surface area contributed by atoms with Crippen LogP contribution in [0.5, 0.6) is 0 Å². The fraction of sp³-hybridized carbons (Fsp3) is 0.625. The number of ether oxygens (including phenoxy) is 1. The van der Waals surface area contributed by atoms with Crippen LogP contribution in [-0.2, 0) is 17.9 Å². The number of nitrogens with one attached hydrogen (secondary N) is 1. The number of amides is 1. The number of hydrogen-bond donors (Lipinski definition) is 1. The van der Waals surface area contributed by atoms with Crippen LogP contribution in [0.3, 0.4) is 0 Å². The molecular weight excluding hydrogens is 310 g/mol. The smallest absolute Gasteiger partial charge is 0.289 e. The van der Waals surface area contributed by atoms with E-state index in [0.717, 1.165) is 25.2 Å². The van der Waals surface area contributed by atoms with Gasteiger partial charge < -0.3 is 14.5 Å². The van der Waals surface area contributed by atoms with E-state index in [1.807, 2.05) is 25.5 Å². The number of carbonyl (C=O) groups excluding carboxylic acids is 1. The van der Waals surface area contributed by atoms with Crippen molar-refractivity contribution in [1.29, 1.82) is 0 Å². The summed E-state index contributed by atoms with van der Waals surface area (Å²) in [7, 11) is 0. The van der Waals surface area contributed by atoms with E-state index in [-0.39, 0.29) is 29.9 Å².